The number of carbonyl (C=O) groups excluding carboxylic acids is 1. The lowest BCUT2D eigenvalue weighted by atomic mass is 10.3. The predicted octanol–water partition coefficient (Wildman–Crippen LogP) is 2.81. The lowest BCUT2D eigenvalue weighted by Crippen LogP contribution is -2.26. The molecule has 0 radical (unpaired) electrons. The van der Waals surface area contributed by atoms with Crippen molar-refractivity contribution in [2.75, 3.05) is 6.54 Å². The Morgan fingerprint density at radius 1 is 1.34 bits per heavy atom. The number of aromatic nitrogens is 4. The monoisotopic (exact) mass is 418 g/mol. The Hall–Kier alpha value is -3.40. The lowest BCUT2D eigenvalue weighted by molar-refractivity contribution is -0.384. The second kappa shape index (κ2) is 9.20. The van der Waals surface area contributed by atoms with Crippen LogP contribution in [-0.2, 0) is 13.3 Å². The van der Waals surface area contributed by atoms with E-state index in [1.807, 2.05) is 17.7 Å². The van der Waals surface area contributed by atoms with Gasteiger partial charge in [-0.05, 0) is 31.5 Å². The fraction of sp³-hybridized carbons (Fsp3) is 0.278. The number of halogens is 1. The zero-order chi connectivity index (χ0) is 20.8. The highest BCUT2D eigenvalue weighted by Gasteiger charge is 2.12. The van der Waals surface area contributed by atoms with Gasteiger partial charge in [-0.15, -0.1) is 0 Å². The maximum absolute atomic E-state index is 12.2. The summed E-state index contributed by atoms with van der Waals surface area (Å²) in [6.45, 7) is 3.20. The van der Waals surface area contributed by atoms with Crippen LogP contribution in [0.4, 0.5) is 5.69 Å². The van der Waals surface area contributed by atoms with Crippen molar-refractivity contribution in [2.24, 2.45) is 0 Å². The Morgan fingerprint density at radius 3 is 2.86 bits per heavy atom. The van der Waals surface area contributed by atoms with Gasteiger partial charge < -0.3 is 10.1 Å². The van der Waals surface area contributed by atoms with Crippen molar-refractivity contribution in [1.82, 2.24) is 24.9 Å². The maximum Gasteiger partial charge on any atom is 0.271 e. The summed E-state index contributed by atoms with van der Waals surface area (Å²) >= 11 is 5.98. The minimum Gasteiger partial charge on any atom is -0.470 e. The minimum atomic E-state index is -0.537. The highest BCUT2D eigenvalue weighted by molar-refractivity contribution is 6.32. The molecule has 10 nitrogen and oxygen atoms in total. The van der Waals surface area contributed by atoms with Gasteiger partial charge in [-0.25, -0.2) is 4.68 Å². The van der Waals surface area contributed by atoms with Crippen molar-refractivity contribution >= 4 is 23.2 Å². The molecule has 0 saturated carbocycles. The molecule has 3 aromatic rings. The van der Waals surface area contributed by atoms with Gasteiger partial charge in [0.15, 0.2) is 6.73 Å². The van der Waals surface area contributed by atoms with E-state index in [1.54, 1.807) is 18.5 Å². The van der Waals surface area contributed by atoms with Crippen LogP contribution in [0.5, 0.6) is 5.75 Å². The van der Waals surface area contributed by atoms with Crippen LogP contribution in [0.15, 0.2) is 42.7 Å². The van der Waals surface area contributed by atoms with Gasteiger partial charge >= 0.3 is 0 Å². The number of benzene rings is 1. The van der Waals surface area contributed by atoms with E-state index in [4.69, 9.17) is 16.3 Å². The average Bonchev–Trinajstić information content (AvgIpc) is 3.33. The van der Waals surface area contributed by atoms with E-state index in [-0.39, 0.29) is 34.8 Å². The molecule has 1 aromatic carbocycles. The number of nitrogens with one attached hydrogen (secondary N) is 1. The Balaban J connectivity index is 1.46. The van der Waals surface area contributed by atoms with Crippen LogP contribution in [0.2, 0.25) is 5.02 Å². The molecule has 1 N–H and O–H groups in total. The highest BCUT2D eigenvalue weighted by atomic mass is 35.5. The second-order valence-electron chi connectivity index (χ2n) is 6.19. The summed E-state index contributed by atoms with van der Waals surface area (Å²) in [5, 5.41) is 22.0. The summed E-state index contributed by atoms with van der Waals surface area (Å²) in [5.41, 5.74) is 1.21. The van der Waals surface area contributed by atoms with Gasteiger partial charge in [-0.1, -0.05) is 11.6 Å². The highest BCUT2D eigenvalue weighted by Crippen LogP contribution is 2.28. The first-order valence-electron chi connectivity index (χ1n) is 8.81. The molecule has 0 spiro atoms. The molecule has 2 heterocycles. The van der Waals surface area contributed by atoms with Gasteiger partial charge in [0, 0.05) is 43.3 Å². The van der Waals surface area contributed by atoms with E-state index in [0.717, 1.165) is 18.7 Å². The number of rotatable bonds is 9. The number of hydrogen-bond donors (Lipinski definition) is 1. The van der Waals surface area contributed by atoms with Gasteiger partial charge in [0.2, 0.25) is 0 Å². The number of non-ortho nitro benzene ring substituents is 1. The van der Waals surface area contributed by atoms with Crippen molar-refractivity contribution in [3.8, 4) is 5.75 Å². The number of amides is 1. The fourth-order valence-electron chi connectivity index (χ4n) is 2.56. The van der Waals surface area contributed by atoms with Gasteiger partial charge in [-0.3, -0.25) is 19.6 Å². The number of hydrogen-bond acceptors (Lipinski definition) is 6. The molecule has 11 heteroatoms. The van der Waals surface area contributed by atoms with E-state index in [9.17, 15) is 14.9 Å². The summed E-state index contributed by atoms with van der Waals surface area (Å²) in [6, 6.07) is 7.43. The average molecular weight is 419 g/mol. The second-order valence-corrected chi connectivity index (χ2v) is 6.60. The smallest absolute Gasteiger partial charge is 0.271 e. The number of nitro groups is 1. The van der Waals surface area contributed by atoms with Crippen LogP contribution in [0.1, 0.15) is 22.6 Å². The molecule has 3 rings (SSSR count). The molecular weight excluding hydrogens is 400 g/mol. The molecule has 0 aliphatic carbocycles. The molecule has 152 valence electrons. The Morgan fingerprint density at radius 2 is 2.17 bits per heavy atom. The summed E-state index contributed by atoms with van der Waals surface area (Å²) in [6.07, 6.45) is 4.09. The third-order valence-electron chi connectivity index (χ3n) is 4.11. The number of ether oxygens (including phenoxy) is 1. The summed E-state index contributed by atoms with van der Waals surface area (Å²) in [4.78, 5) is 22.4. The third kappa shape index (κ3) is 5.32. The normalized spacial score (nSPS) is 10.7. The third-order valence-corrected chi connectivity index (χ3v) is 4.41. The van der Waals surface area contributed by atoms with Gasteiger partial charge in [0.25, 0.3) is 11.6 Å². The van der Waals surface area contributed by atoms with Crippen LogP contribution < -0.4 is 10.1 Å². The van der Waals surface area contributed by atoms with Crippen molar-refractivity contribution in [1.29, 1.82) is 0 Å². The topological polar surface area (TPSA) is 117 Å². The Bertz CT molecular complexity index is 1020. The van der Waals surface area contributed by atoms with Crippen LogP contribution in [-0.4, -0.2) is 36.9 Å². The molecule has 0 fully saturated rings. The van der Waals surface area contributed by atoms with Gasteiger partial charge in [-0.2, -0.15) is 10.2 Å². The molecule has 0 saturated heterocycles. The van der Waals surface area contributed by atoms with Gasteiger partial charge in [0.1, 0.15) is 11.4 Å². The number of nitrogens with zero attached hydrogens (tertiary/aromatic N) is 5. The summed E-state index contributed by atoms with van der Waals surface area (Å²) in [5.74, 6) is 0.00184. The first-order chi connectivity index (χ1) is 13.9. The van der Waals surface area contributed by atoms with Crippen LogP contribution in [0.3, 0.4) is 0 Å². The molecule has 0 aliphatic heterocycles. The minimum absolute atomic E-state index is 0.00336. The summed E-state index contributed by atoms with van der Waals surface area (Å²) in [7, 11) is 0. The number of carbonyl (C=O) groups is 1. The van der Waals surface area contributed by atoms with E-state index >= 15 is 0 Å². The van der Waals surface area contributed by atoms with Crippen LogP contribution >= 0.6 is 11.6 Å². The maximum atomic E-state index is 12.2. The molecule has 2 aromatic heterocycles. The van der Waals surface area contributed by atoms with E-state index < -0.39 is 4.92 Å². The van der Waals surface area contributed by atoms with Gasteiger partial charge in [0.05, 0.1) is 9.95 Å². The first-order valence-corrected chi connectivity index (χ1v) is 9.18. The standard InChI is InChI=1S/C18H19ClN6O4/c1-13-5-8-21-24(13)9-2-7-20-18(26)16-6-10-23(22-16)12-29-17-4-3-14(25(27)28)11-15(17)19/h3-6,8,10-11H,2,7,9,12H2,1H3,(H,20,26). The summed E-state index contributed by atoms with van der Waals surface area (Å²) < 4.78 is 8.81. The Kier molecular flexibility index (Phi) is 6.45. The predicted molar refractivity (Wildman–Crippen MR) is 105 cm³/mol. The van der Waals surface area contributed by atoms with Crippen LogP contribution in [0.25, 0.3) is 0 Å². The van der Waals surface area contributed by atoms with E-state index in [0.29, 0.717) is 6.54 Å². The quantitative estimate of drug-likeness (QED) is 0.324. The molecule has 0 unspecified atom stereocenters. The Labute approximate surface area is 171 Å². The van der Waals surface area contributed by atoms with Crippen molar-refractivity contribution in [2.45, 2.75) is 26.6 Å². The van der Waals surface area contributed by atoms with Crippen molar-refractivity contribution < 1.29 is 14.5 Å². The molecule has 0 bridgehead atoms. The molecule has 29 heavy (non-hydrogen) atoms. The van der Waals surface area contributed by atoms with Crippen molar-refractivity contribution in [3.05, 3.63) is 69.3 Å². The van der Waals surface area contributed by atoms with E-state index in [2.05, 4.69) is 15.5 Å². The van der Waals surface area contributed by atoms with E-state index in [1.165, 1.54) is 22.9 Å². The fourth-order valence-corrected chi connectivity index (χ4v) is 2.79. The molecular formula is C18H19ClN6O4. The number of aryl methyl sites for hydroxylation is 2. The molecule has 1 amide bonds. The van der Waals surface area contributed by atoms with Crippen molar-refractivity contribution in [3.63, 3.8) is 0 Å². The molecule has 0 atom stereocenters. The lowest BCUT2D eigenvalue weighted by Gasteiger charge is -2.08. The first kappa shape index (κ1) is 20.3. The van der Waals surface area contributed by atoms with Crippen LogP contribution in [0, 0.1) is 17.0 Å². The number of nitro benzene ring substituents is 1. The zero-order valence-corrected chi connectivity index (χ0v) is 16.4. The SMILES string of the molecule is Cc1ccnn1CCCNC(=O)c1ccn(COc2ccc([N+](=O)[O-])cc2Cl)n1. The zero-order valence-electron chi connectivity index (χ0n) is 15.6. The molecule has 0 aliphatic rings. The largest absolute Gasteiger partial charge is 0.470 e.